The molecule has 0 aromatic heterocycles. The van der Waals surface area contributed by atoms with Crippen LogP contribution in [-0.2, 0) is 20.6 Å². The maximum absolute atomic E-state index is 13.5. The molecule has 0 aliphatic rings. The van der Waals surface area contributed by atoms with Crippen molar-refractivity contribution in [2.45, 2.75) is 24.0 Å². The number of thioether (sulfide) groups is 1. The number of anilines is 1. The average Bonchev–Trinajstić information content (AvgIpc) is 2.90. The first kappa shape index (κ1) is 28.9. The molecule has 38 heavy (non-hydrogen) atoms. The van der Waals surface area contributed by atoms with Gasteiger partial charge in [-0.3, -0.25) is 19.2 Å². The van der Waals surface area contributed by atoms with Gasteiger partial charge in [-0.25, -0.2) is 12.8 Å². The number of hydrogen-bond acceptors (Lipinski definition) is 7. The molecule has 3 rings (SSSR count). The number of carbonyl (C=O) groups excluding carboxylic acids is 1. The zero-order chi connectivity index (χ0) is 27.7. The molecule has 12 heteroatoms. The summed E-state index contributed by atoms with van der Waals surface area (Å²) >= 11 is 1.64. The van der Waals surface area contributed by atoms with Crippen molar-refractivity contribution in [1.82, 2.24) is 5.32 Å². The van der Waals surface area contributed by atoms with E-state index in [-0.39, 0.29) is 22.1 Å². The van der Waals surface area contributed by atoms with Crippen LogP contribution in [-0.4, -0.2) is 45.2 Å². The summed E-state index contributed by atoms with van der Waals surface area (Å²) in [6.45, 7) is 1.34. The zero-order valence-corrected chi connectivity index (χ0v) is 22.6. The molecule has 3 aromatic carbocycles. The van der Waals surface area contributed by atoms with Crippen molar-refractivity contribution < 1.29 is 27.3 Å². The van der Waals surface area contributed by atoms with Crippen LogP contribution >= 0.6 is 11.8 Å². The summed E-state index contributed by atoms with van der Waals surface area (Å²) in [5, 5.41) is 14.1. The molecule has 0 fully saturated rings. The van der Waals surface area contributed by atoms with Gasteiger partial charge in [0.05, 0.1) is 22.6 Å². The van der Waals surface area contributed by atoms with E-state index in [0.717, 1.165) is 21.7 Å². The minimum absolute atomic E-state index is 0.207. The van der Waals surface area contributed by atoms with E-state index in [4.69, 9.17) is 4.74 Å². The van der Waals surface area contributed by atoms with E-state index in [1.807, 2.05) is 0 Å². The molecule has 0 atom stereocenters. The maximum atomic E-state index is 13.5. The minimum atomic E-state index is -4.32. The van der Waals surface area contributed by atoms with Crippen LogP contribution in [0.2, 0.25) is 0 Å². The first-order valence-corrected chi connectivity index (χ1v) is 14.2. The molecule has 1 amide bonds. The van der Waals surface area contributed by atoms with Gasteiger partial charge in [0, 0.05) is 23.9 Å². The Kier molecular flexibility index (Phi) is 10.1. The number of amides is 1. The van der Waals surface area contributed by atoms with Gasteiger partial charge >= 0.3 is 0 Å². The van der Waals surface area contributed by atoms with E-state index in [1.165, 1.54) is 50.4 Å². The predicted molar refractivity (Wildman–Crippen MR) is 146 cm³/mol. The summed E-state index contributed by atoms with van der Waals surface area (Å²) in [6, 6.07) is 16.0. The molecule has 0 heterocycles. The number of nitrogens with one attached hydrogen (secondary N) is 1. The van der Waals surface area contributed by atoms with Crippen LogP contribution in [0.5, 0.6) is 5.75 Å². The Morgan fingerprint density at radius 1 is 1.11 bits per heavy atom. The molecule has 0 saturated carbocycles. The van der Waals surface area contributed by atoms with Gasteiger partial charge in [0.15, 0.2) is 0 Å². The minimum Gasteiger partial charge on any atom is -0.497 e. The van der Waals surface area contributed by atoms with Crippen molar-refractivity contribution >= 4 is 39.1 Å². The van der Waals surface area contributed by atoms with Gasteiger partial charge in [0.25, 0.3) is 15.7 Å². The van der Waals surface area contributed by atoms with Gasteiger partial charge < -0.3 is 10.1 Å². The molecular weight excluding hydrogens is 533 g/mol. The highest BCUT2D eigenvalue weighted by Gasteiger charge is 2.29. The fraction of sp³-hybridized carbons (Fsp3) is 0.269. The fourth-order valence-corrected chi connectivity index (χ4v) is 5.86. The van der Waals surface area contributed by atoms with Crippen LogP contribution < -0.4 is 14.4 Å². The number of sulfonamides is 1. The Morgan fingerprint density at radius 3 is 2.42 bits per heavy atom. The lowest BCUT2D eigenvalue weighted by Gasteiger charge is -2.24. The van der Waals surface area contributed by atoms with Gasteiger partial charge in [-0.15, -0.1) is 0 Å². The normalized spacial score (nSPS) is 11.1. The molecule has 0 bridgehead atoms. The van der Waals surface area contributed by atoms with E-state index >= 15 is 0 Å². The molecule has 3 aromatic rings. The number of rotatable bonds is 13. The largest absolute Gasteiger partial charge is 0.497 e. The second kappa shape index (κ2) is 13.2. The quantitative estimate of drug-likeness (QED) is 0.183. The standard InChI is InChI=1S/C26H28FN3O6S2/c1-19-4-13-24(16-25(19)30(32)33)38(34,35)29(22-9-11-23(36-2)12-10-22)17-26(31)28-14-3-15-37-18-20-5-7-21(27)8-6-20/h4-13,16H,3,14-15,17-18H2,1-2H3,(H,28,31). The molecule has 9 nitrogen and oxygen atoms in total. The molecule has 0 saturated heterocycles. The van der Waals surface area contributed by atoms with Gasteiger partial charge in [0.1, 0.15) is 18.1 Å². The summed E-state index contributed by atoms with van der Waals surface area (Å²) < 4.78 is 46.1. The topological polar surface area (TPSA) is 119 Å². The maximum Gasteiger partial charge on any atom is 0.273 e. The molecule has 0 aliphatic heterocycles. The highest BCUT2D eigenvalue weighted by atomic mass is 32.2. The van der Waals surface area contributed by atoms with Crippen LogP contribution in [0, 0.1) is 22.9 Å². The highest BCUT2D eigenvalue weighted by Crippen LogP contribution is 2.29. The molecule has 0 unspecified atom stereocenters. The third-order valence-corrected chi connectivity index (χ3v) is 8.47. The number of ether oxygens (including phenoxy) is 1. The van der Waals surface area contributed by atoms with E-state index < -0.39 is 27.4 Å². The summed E-state index contributed by atoms with van der Waals surface area (Å²) in [6.07, 6.45) is 0.650. The molecule has 0 aliphatic carbocycles. The summed E-state index contributed by atoms with van der Waals surface area (Å²) in [5.74, 6) is 1.15. The average molecular weight is 562 g/mol. The SMILES string of the molecule is COc1ccc(N(CC(=O)NCCCSCc2ccc(F)cc2)S(=O)(=O)c2ccc(C)c([N+](=O)[O-])c2)cc1. The highest BCUT2D eigenvalue weighted by molar-refractivity contribution is 7.98. The second-order valence-corrected chi connectivity index (χ2v) is 11.3. The van der Waals surface area contributed by atoms with Gasteiger partial charge in [-0.1, -0.05) is 18.2 Å². The Morgan fingerprint density at radius 2 is 1.79 bits per heavy atom. The lowest BCUT2D eigenvalue weighted by molar-refractivity contribution is -0.385. The van der Waals surface area contributed by atoms with Crippen molar-refractivity contribution in [2.24, 2.45) is 0 Å². The lowest BCUT2D eigenvalue weighted by Crippen LogP contribution is -2.41. The van der Waals surface area contributed by atoms with Crippen molar-refractivity contribution in [3.63, 3.8) is 0 Å². The Labute approximate surface area is 225 Å². The van der Waals surface area contributed by atoms with E-state index in [9.17, 15) is 27.7 Å². The Bertz CT molecular complexity index is 1370. The molecule has 0 radical (unpaired) electrons. The predicted octanol–water partition coefficient (Wildman–Crippen LogP) is 4.69. The number of halogens is 1. The summed E-state index contributed by atoms with van der Waals surface area (Å²) in [5.41, 5.74) is 1.19. The van der Waals surface area contributed by atoms with Gasteiger partial charge in [0.2, 0.25) is 5.91 Å². The third kappa shape index (κ3) is 7.68. The van der Waals surface area contributed by atoms with Gasteiger partial charge in [-0.2, -0.15) is 11.8 Å². The van der Waals surface area contributed by atoms with Crippen LogP contribution in [0.4, 0.5) is 15.8 Å². The molecule has 202 valence electrons. The third-order valence-electron chi connectivity index (χ3n) is 5.58. The van der Waals surface area contributed by atoms with Crippen molar-refractivity contribution in [1.29, 1.82) is 0 Å². The monoisotopic (exact) mass is 561 g/mol. The Hall–Kier alpha value is -3.64. The van der Waals surface area contributed by atoms with Crippen LogP contribution in [0.1, 0.15) is 17.5 Å². The number of aryl methyl sites for hydroxylation is 1. The van der Waals surface area contributed by atoms with E-state index in [1.54, 1.807) is 36.0 Å². The number of nitrogens with zero attached hydrogens (tertiary/aromatic N) is 2. The molecule has 0 spiro atoms. The number of nitro benzene ring substituents is 1. The Balaban J connectivity index is 1.68. The van der Waals surface area contributed by atoms with Crippen molar-refractivity contribution in [3.8, 4) is 5.75 Å². The van der Waals surface area contributed by atoms with Crippen molar-refractivity contribution in [3.05, 3.63) is 93.8 Å². The fourth-order valence-electron chi connectivity index (χ4n) is 3.50. The first-order valence-electron chi connectivity index (χ1n) is 11.6. The van der Waals surface area contributed by atoms with Crippen LogP contribution in [0.15, 0.2) is 71.6 Å². The van der Waals surface area contributed by atoms with Gasteiger partial charge in [-0.05, 0) is 67.1 Å². The smallest absolute Gasteiger partial charge is 0.273 e. The second-order valence-electron chi connectivity index (χ2n) is 8.30. The zero-order valence-electron chi connectivity index (χ0n) is 20.9. The van der Waals surface area contributed by atoms with Crippen LogP contribution in [0.3, 0.4) is 0 Å². The number of methoxy groups -OCH3 is 1. The number of carbonyl (C=O) groups is 1. The first-order chi connectivity index (χ1) is 18.1. The van der Waals surface area contributed by atoms with Crippen molar-refractivity contribution in [2.75, 3.05) is 30.3 Å². The van der Waals surface area contributed by atoms with E-state index in [0.29, 0.717) is 30.0 Å². The summed E-state index contributed by atoms with van der Waals surface area (Å²) in [4.78, 5) is 23.2. The molecular formula is C26H28FN3O6S2. The molecule has 1 N–H and O–H groups in total. The van der Waals surface area contributed by atoms with Crippen LogP contribution in [0.25, 0.3) is 0 Å². The van der Waals surface area contributed by atoms with E-state index in [2.05, 4.69) is 5.32 Å². The number of nitro groups is 1. The number of benzene rings is 3. The number of hydrogen-bond donors (Lipinski definition) is 1. The summed E-state index contributed by atoms with van der Waals surface area (Å²) in [7, 11) is -2.85. The lowest BCUT2D eigenvalue weighted by atomic mass is 10.2.